The highest BCUT2D eigenvalue weighted by molar-refractivity contribution is 7.80. The van der Waals surface area contributed by atoms with Crippen LogP contribution in [0.5, 0.6) is 5.75 Å². The van der Waals surface area contributed by atoms with Crippen molar-refractivity contribution in [2.45, 2.75) is 32.7 Å². The Morgan fingerprint density at radius 3 is 2.67 bits per heavy atom. The minimum atomic E-state index is -1.07. The van der Waals surface area contributed by atoms with E-state index in [9.17, 15) is 19.5 Å². The van der Waals surface area contributed by atoms with Gasteiger partial charge >= 0.3 is 17.9 Å². The standard InChI is InChI=1S/C18H20N2O6S/c1-10-16(17(23)24)13(20-18(27)19-10)9-25-15(22)8-7-12-5-3-4-6-14(12)26-11(2)21/h3-6,13,16H,7-9H2,1-2H3,(H,20,27)(H,23,24). The highest BCUT2D eigenvalue weighted by Crippen LogP contribution is 2.20. The third-order valence-corrected chi connectivity index (χ3v) is 4.16. The summed E-state index contributed by atoms with van der Waals surface area (Å²) >= 11 is 4.97. The summed E-state index contributed by atoms with van der Waals surface area (Å²) in [5.41, 5.74) is 1.07. The maximum atomic E-state index is 12.1. The van der Waals surface area contributed by atoms with E-state index in [0.717, 1.165) is 0 Å². The van der Waals surface area contributed by atoms with Crippen LogP contribution in [0.4, 0.5) is 0 Å². The Morgan fingerprint density at radius 2 is 2.00 bits per heavy atom. The van der Waals surface area contributed by atoms with E-state index < -0.39 is 29.9 Å². The van der Waals surface area contributed by atoms with Gasteiger partial charge in [-0.05, 0) is 37.2 Å². The summed E-state index contributed by atoms with van der Waals surface area (Å²) in [5.74, 6) is -2.53. The van der Waals surface area contributed by atoms with Gasteiger partial charge in [0.15, 0.2) is 5.11 Å². The van der Waals surface area contributed by atoms with Gasteiger partial charge in [-0.15, -0.1) is 0 Å². The molecule has 0 bridgehead atoms. The molecule has 0 amide bonds. The van der Waals surface area contributed by atoms with Crippen LogP contribution in [0.15, 0.2) is 29.3 Å². The van der Waals surface area contributed by atoms with Crippen molar-refractivity contribution in [3.05, 3.63) is 29.8 Å². The zero-order chi connectivity index (χ0) is 20.0. The summed E-state index contributed by atoms with van der Waals surface area (Å²) < 4.78 is 10.3. The number of para-hydroxylation sites is 1. The average Bonchev–Trinajstić information content (AvgIpc) is 2.57. The van der Waals surface area contributed by atoms with Crippen LogP contribution in [0.25, 0.3) is 0 Å². The van der Waals surface area contributed by atoms with Crippen molar-refractivity contribution in [2.75, 3.05) is 6.61 Å². The molecule has 0 spiro atoms. The third-order valence-electron chi connectivity index (χ3n) is 3.95. The first-order valence-electron chi connectivity index (χ1n) is 8.28. The summed E-state index contributed by atoms with van der Waals surface area (Å²) in [4.78, 5) is 38.6. The SMILES string of the molecule is CC(=O)Oc1ccccc1CCC(=O)OCC1NC(=S)N=C(C)C1C(=O)O. The number of ether oxygens (including phenoxy) is 2. The quantitative estimate of drug-likeness (QED) is 0.408. The molecule has 1 aliphatic rings. The molecule has 0 radical (unpaired) electrons. The van der Waals surface area contributed by atoms with Crippen molar-refractivity contribution >= 4 is 40.9 Å². The van der Waals surface area contributed by atoms with E-state index in [1.807, 2.05) is 0 Å². The topological polar surface area (TPSA) is 114 Å². The van der Waals surface area contributed by atoms with Gasteiger partial charge in [0.1, 0.15) is 18.3 Å². The normalized spacial score (nSPS) is 18.9. The van der Waals surface area contributed by atoms with E-state index in [1.165, 1.54) is 6.92 Å². The lowest BCUT2D eigenvalue weighted by Crippen LogP contribution is -2.52. The maximum Gasteiger partial charge on any atom is 0.314 e. The predicted molar refractivity (Wildman–Crippen MR) is 101 cm³/mol. The molecule has 2 atom stereocenters. The van der Waals surface area contributed by atoms with Crippen LogP contribution >= 0.6 is 12.2 Å². The van der Waals surface area contributed by atoms with Crippen LogP contribution in [-0.4, -0.2) is 46.5 Å². The number of nitrogens with zero attached hydrogens (tertiary/aromatic N) is 1. The minimum Gasteiger partial charge on any atom is -0.481 e. The number of hydrogen-bond acceptors (Lipinski definition) is 6. The summed E-state index contributed by atoms with van der Waals surface area (Å²) in [6, 6.07) is 6.24. The van der Waals surface area contributed by atoms with Crippen LogP contribution in [0.2, 0.25) is 0 Å². The van der Waals surface area contributed by atoms with Gasteiger partial charge in [0.2, 0.25) is 0 Å². The second-order valence-electron chi connectivity index (χ2n) is 6.01. The number of esters is 2. The molecule has 1 aromatic rings. The minimum absolute atomic E-state index is 0.0558. The van der Waals surface area contributed by atoms with Crippen LogP contribution in [0.1, 0.15) is 25.8 Å². The summed E-state index contributed by atoms with van der Waals surface area (Å²) in [6.45, 7) is 2.73. The van der Waals surface area contributed by atoms with Crippen molar-refractivity contribution in [1.29, 1.82) is 0 Å². The molecular formula is C18H20N2O6S. The smallest absolute Gasteiger partial charge is 0.314 e. The molecule has 2 unspecified atom stereocenters. The number of carboxylic acid groups (broad SMARTS) is 1. The molecule has 9 heteroatoms. The van der Waals surface area contributed by atoms with Gasteiger partial charge in [-0.1, -0.05) is 18.2 Å². The van der Waals surface area contributed by atoms with Crippen molar-refractivity contribution in [3.63, 3.8) is 0 Å². The Hall–Kier alpha value is -2.81. The molecule has 0 fully saturated rings. The number of benzene rings is 1. The van der Waals surface area contributed by atoms with Crippen molar-refractivity contribution in [3.8, 4) is 5.75 Å². The first-order valence-corrected chi connectivity index (χ1v) is 8.69. The number of nitrogens with one attached hydrogen (secondary N) is 1. The van der Waals surface area contributed by atoms with E-state index in [-0.39, 0.29) is 18.1 Å². The first-order chi connectivity index (χ1) is 12.8. The van der Waals surface area contributed by atoms with Gasteiger partial charge in [0.25, 0.3) is 0 Å². The fraction of sp³-hybridized carbons (Fsp3) is 0.389. The predicted octanol–water partition coefficient (Wildman–Crippen LogP) is 1.51. The lowest BCUT2D eigenvalue weighted by Gasteiger charge is -2.28. The fourth-order valence-electron chi connectivity index (χ4n) is 2.74. The van der Waals surface area contributed by atoms with Gasteiger partial charge in [0.05, 0.1) is 6.04 Å². The van der Waals surface area contributed by atoms with E-state index in [4.69, 9.17) is 21.7 Å². The molecular weight excluding hydrogens is 372 g/mol. The largest absolute Gasteiger partial charge is 0.481 e. The summed E-state index contributed by atoms with van der Waals surface area (Å²) in [6.07, 6.45) is 0.377. The molecule has 0 saturated carbocycles. The van der Waals surface area contributed by atoms with Gasteiger partial charge in [-0.25, -0.2) is 4.99 Å². The number of aliphatic imine (C=N–C) groups is 1. The fourth-order valence-corrected chi connectivity index (χ4v) is 3.04. The maximum absolute atomic E-state index is 12.1. The molecule has 2 rings (SSSR count). The number of hydrogen-bond donors (Lipinski definition) is 2. The summed E-state index contributed by atoms with van der Waals surface area (Å²) in [5, 5.41) is 12.3. The van der Waals surface area contributed by atoms with Gasteiger partial charge in [0, 0.05) is 19.1 Å². The van der Waals surface area contributed by atoms with Crippen LogP contribution < -0.4 is 10.1 Å². The molecule has 0 aliphatic carbocycles. The zero-order valence-electron chi connectivity index (χ0n) is 14.9. The monoisotopic (exact) mass is 392 g/mol. The molecule has 1 aliphatic heterocycles. The lowest BCUT2D eigenvalue weighted by molar-refractivity contribution is -0.147. The average molecular weight is 392 g/mol. The Labute approximate surface area is 161 Å². The number of aliphatic carboxylic acids is 1. The Morgan fingerprint density at radius 1 is 1.30 bits per heavy atom. The Kier molecular flexibility index (Phi) is 7.00. The number of carboxylic acids is 1. The zero-order valence-corrected chi connectivity index (χ0v) is 15.7. The molecule has 8 nitrogen and oxygen atoms in total. The van der Waals surface area contributed by atoms with E-state index in [2.05, 4.69) is 10.3 Å². The van der Waals surface area contributed by atoms with Gasteiger partial charge in [-0.3, -0.25) is 14.4 Å². The number of carbonyl (C=O) groups excluding carboxylic acids is 2. The highest BCUT2D eigenvalue weighted by Gasteiger charge is 2.35. The number of thiocarbonyl (C=S) groups is 1. The van der Waals surface area contributed by atoms with E-state index in [1.54, 1.807) is 31.2 Å². The summed E-state index contributed by atoms with van der Waals surface area (Å²) in [7, 11) is 0. The Bertz CT molecular complexity index is 792. The Balaban J connectivity index is 1.91. The molecule has 0 aromatic heterocycles. The van der Waals surface area contributed by atoms with Crippen molar-refractivity contribution in [1.82, 2.24) is 5.32 Å². The molecule has 2 N–H and O–H groups in total. The van der Waals surface area contributed by atoms with Crippen molar-refractivity contribution in [2.24, 2.45) is 10.9 Å². The third kappa shape index (κ3) is 5.85. The molecule has 1 heterocycles. The number of aryl methyl sites for hydroxylation is 1. The number of rotatable bonds is 7. The van der Waals surface area contributed by atoms with E-state index >= 15 is 0 Å². The molecule has 27 heavy (non-hydrogen) atoms. The first kappa shape index (κ1) is 20.5. The second kappa shape index (κ2) is 9.22. The molecule has 0 saturated heterocycles. The van der Waals surface area contributed by atoms with E-state index in [0.29, 0.717) is 23.4 Å². The van der Waals surface area contributed by atoms with Crippen LogP contribution in [0.3, 0.4) is 0 Å². The lowest BCUT2D eigenvalue weighted by atomic mass is 9.94. The van der Waals surface area contributed by atoms with Crippen molar-refractivity contribution < 1.29 is 29.0 Å². The van der Waals surface area contributed by atoms with Gasteiger partial charge < -0.3 is 19.9 Å². The van der Waals surface area contributed by atoms with Gasteiger partial charge in [-0.2, -0.15) is 0 Å². The number of carbonyl (C=O) groups is 3. The highest BCUT2D eigenvalue weighted by atomic mass is 32.1. The van der Waals surface area contributed by atoms with Crippen LogP contribution in [-0.2, 0) is 25.5 Å². The molecule has 144 valence electrons. The molecule has 1 aromatic carbocycles. The second-order valence-corrected chi connectivity index (χ2v) is 6.40. The van der Waals surface area contributed by atoms with Crippen LogP contribution in [0, 0.1) is 5.92 Å².